The smallest absolute Gasteiger partial charge is 0.194 e. The van der Waals surface area contributed by atoms with Crippen LogP contribution in [0.25, 0.3) is 5.65 Å². The van der Waals surface area contributed by atoms with Crippen LogP contribution in [0, 0.1) is 6.92 Å². The molecule has 4 rings (SSSR count). The zero-order valence-corrected chi connectivity index (χ0v) is 19.4. The van der Waals surface area contributed by atoms with Gasteiger partial charge in [-0.2, -0.15) is 5.10 Å². The Morgan fingerprint density at radius 3 is 2.93 bits per heavy atom. The highest BCUT2D eigenvalue weighted by Gasteiger charge is 2.25. The van der Waals surface area contributed by atoms with Gasteiger partial charge in [-0.15, -0.1) is 24.0 Å². The maximum Gasteiger partial charge on any atom is 0.194 e. The number of nitrogens with one attached hydrogen (secondary N) is 1. The maximum absolute atomic E-state index is 5.96. The lowest BCUT2D eigenvalue weighted by atomic mass is 10.1. The van der Waals surface area contributed by atoms with Crippen molar-refractivity contribution in [1.29, 1.82) is 0 Å². The van der Waals surface area contributed by atoms with E-state index < -0.39 is 0 Å². The summed E-state index contributed by atoms with van der Waals surface area (Å²) in [6.07, 6.45) is 5.95. The summed E-state index contributed by atoms with van der Waals surface area (Å²) >= 11 is 0. The van der Waals surface area contributed by atoms with Gasteiger partial charge in [0.2, 0.25) is 0 Å². The minimum atomic E-state index is 0. The minimum Gasteiger partial charge on any atom is -0.370 e. The number of aliphatic imine (C=N–C) groups is 1. The van der Waals surface area contributed by atoms with E-state index in [0.717, 1.165) is 42.5 Å². The molecule has 0 aliphatic carbocycles. The highest BCUT2D eigenvalue weighted by Crippen LogP contribution is 2.21. The Bertz CT molecular complexity index is 980. The largest absolute Gasteiger partial charge is 0.370 e. The fourth-order valence-electron chi connectivity index (χ4n) is 3.51. The molecule has 1 aliphatic rings. The number of hydrogen-bond donors (Lipinski definition) is 1. The van der Waals surface area contributed by atoms with Gasteiger partial charge in [-0.25, -0.2) is 9.98 Å². The summed E-state index contributed by atoms with van der Waals surface area (Å²) in [5.74, 6) is 0.897. The summed E-state index contributed by atoms with van der Waals surface area (Å²) in [6, 6.07) is 6.13. The van der Waals surface area contributed by atoms with Crippen molar-refractivity contribution in [2.75, 3.05) is 26.2 Å². The van der Waals surface area contributed by atoms with E-state index in [-0.39, 0.29) is 30.1 Å². The summed E-state index contributed by atoms with van der Waals surface area (Å²) in [5, 5.41) is 7.67. The van der Waals surface area contributed by atoms with Gasteiger partial charge in [0.25, 0.3) is 0 Å². The highest BCUT2D eigenvalue weighted by molar-refractivity contribution is 14.0. The van der Waals surface area contributed by atoms with Gasteiger partial charge < -0.3 is 19.4 Å². The van der Waals surface area contributed by atoms with Gasteiger partial charge in [-0.1, -0.05) is 6.07 Å². The molecule has 0 spiro atoms. The third-order valence-corrected chi connectivity index (χ3v) is 4.93. The number of halogens is 1. The molecule has 0 radical (unpaired) electrons. The first kappa shape index (κ1) is 21.6. The summed E-state index contributed by atoms with van der Waals surface area (Å²) < 4.78 is 9.87. The van der Waals surface area contributed by atoms with Crippen LogP contribution in [-0.2, 0) is 18.3 Å². The van der Waals surface area contributed by atoms with E-state index in [2.05, 4.69) is 50.8 Å². The average molecular weight is 509 g/mol. The molecule has 1 fully saturated rings. The molecule has 1 unspecified atom stereocenters. The second-order valence-corrected chi connectivity index (χ2v) is 7.05. The predicted molar refractivity (Wildman–Crippen MR) is 124 cm³/mol. The van der Waals surface area contributed by atoms with E-state index in [0.29, 0.717) is 13.2 Å². The Balaban J connectivity index is 0.00000240. The van der Waals surface area contributed by atoms with E-state index >= 15 is 0 Å². The van der Waals surface area contributed by atoms with Crippen molar-refractivity contribution in [3.05, 3.63) is 53.7 Å². The topological polar surface area (TPSA) is 72.0 Å². The quantitative estimate of drug-likeness (QED) is 0.333. The normalized spacial score (nSPS) is 17.4. The lowest BCUT2D eigenvalue weighted by Gasteiger charge is -2.34. The van der Waals surface area contributed by atoms with Crippen LogP contribution < -0.4 is 5.32 Å². The van der Waals surface area contributed by atoms with Crippen LogP contribution in [0.2, 0.25) is 0 Å². The number of aromatic nitrogens is 4. The van der Waals surface area contributed by atoms with Crippen LogP contribution in [-0.4, -0.2) is 56.3 Å². The molecule has 0 bridgehead atoms. The van der Waals surface area contributed by atoms with E-state index in [1.807, 2.05) is 36.3 Å². The van der Waals surface area contributed by atoms with Crippen LogP contribution >= 0.6 is 24.0 Å². The zero-order chi connectivity index (χ0) is 19.5. The Morgan fingerprint density at radius 1 is 1.34 bits per heavy atom. The Morgan fingerprint density at radius 2 is 2.21 bits per heavy atom. The molecule has 8 nitrogen and oxygen atoms in total. The van der Waals surface area contributed by atoms with Crippen LogP contribution in [0.3, 0.4) is 0 Å². The number of imidazole rings is 1. The van der Waals surface area contributed by atoms with Gasteiger partial charge >= 0.3 is 0 Å². The zero-order valence-electron chi connectivity index (χ0n) is 17.1. The van der Waals surface area contributed by atoms with Crippen LogP contribution in [0.5, 0.6) is 0 Å². The molecular formula is C20H28IN7O. The third-order valence-electron chi connectivity index (χ3n) is 4.93. The molecule has 3 aromatic heterocycles. The van der Waals surface area contributed by atoms with Crippen LogP contribution in [0.15, 0.2) is 41.8 Å². The molecule has 9 heteroatoms. The number of pyridine rings is 1. The Kier molecular flexibility index (Phi) is 7.12. The van der Waals surface area contributed by atoms with Crippen molar-refractivity contribution >= 4 is 35.6 Å². The Labute approximate surface area is 188 Å². The number of aryl methyl sites for hydroxylation is 2. The number of nitrogens with zero attached hydrogens (tertiary/aromatic N) is 6. The molecule has 29 heavy (non-hydrogen) atoms. The van der Waals surface area contributed by atoms with E-state index in [4.69, 9.17) is 9.73 Å². The van der Waals surface area contributed by atoms with Gasteiger partial charge in [-0.05, 0) is 26.0 Å². The molecule has 0 aromatic carbocycles. The van der Waals surface area contributed by atoms with Crippen molar-refractivity contribution in [3.8, 4) is 0 Å². The molecule has 4 heterocycles. The van der Waals surface area contributed by atoms with Crippen LogP contribution in [0.4, 0.5) is 0 Å². The van der Waals surface area contributed by atoms with Crippen molar-refractivity contribution < 1.29 is 4.74 Å². The monoisotopic (exact) mass is 509 g/mol. The van der Waals surface area contributed by atoms with Gasteiger partial charge in [0.15, 0.2) is 5.96 Å². The van der Waals surface area contributed by atoms with Gasteiger partial charge in [0.1, 0.15) is 11.8 Å². The van der Waals surface area contributed by atoms with Gasteiger partial charge in [-0.3, -0.25) is 4.68 Å². The van der Waals surface area contributed by atoms with Gasteiger partial charge in [0.05, 0.1) is 31.6 Å². The number of hydrogen-bond acceptors (Lipinski definition) is 4. The molecule has 1 N–H and O–H groups in total. The number of rotatable bonds is 4. The second-order valence-electron chi connectivity index (χ2n) is 7.05. The van der Waals surface area contributed by atoms with E-state index in [9.17, 15) is 0 Å². The lowest BCUT2D eigenvalue weighted by molar-refractivity contribution is -0.00805. The minimum absolute atomic E-state index is 0. The van der Waals surface area contributed by atoms with E-state index in [1.54, 1.807) is 0 Å². The maximum atomic E-state index is 5.96. The lowest BCUT2D eigenvalue weighted by Crippen LogP contribution is -2.48. The van der Waals surface area contributed by atoms with Crippen LogP contribution in [0.1, 0.15) is 30.0 Å². The first-order chi connectivity index (χ1) is 13.6. The number of ether oxygens (including phenoxy) is 1. The molecular weight excluding hydrogens is 481 g/mol. The fraction of sp³-hybridized carbons (Fsp3) is 0.450. The van der Waals surface area contributed by atoms with Crippen molar-refractivity contribution in [2.45, 2.75) is 26.5 Å². The highest BCUT2D eigenvalue weighted by atomic mass is 127. The average Bonchev–Trinajstić information content (AvgIpc) is 3.32. The summed E-state index contributed by atoms with van der Waals surface area (Å²) in [6.45, 7) is 7.75. The summed E-state index contributed by atoms with van der Waals surface area (Å²) in [5.41, 5.74) is 4.18. The Hall–Kier alpha value is -2.14. The summed E-state index contributed by atoms with van der Waals surface area (Å²) in [7, 11) is 1.92. The SMILES string of the molecule is CCNC(=NCc1cn2c(C)cccc2n1)N1CCOC(c2cnn(C)c2)C1.I. The van der Waals surface area contributed by atoms with Crippen molar-refractivity contribution in [3.63, 3.8) is 0 Å². The second kappa shape index (κ2) is 9.57. The molecule has 3 aromatic rings. The van der Waals surface area contributed by atoms with Crippen molar-refractivity contribution in [1.82, 2.24) is 29.4 Å². The standard InChI is InChI=1S/C20H27N7O.HI/c1-4-21-20(22-11-17-13-27-15(2)6-5-7-19(27)24-17)26-8-9-28-18(14-26)16-10-23-25(3)12-16;/h5-7,10,12-13,18H,4,8-9,11,14H2,1-3H3,(H,21,22);1H. The third kappa shape index (κ3) is 4.89. The predicted octanol–water partition coefficient (Wildman–Crippen LogP) is 2.53. The molecule has 156 valence electrons. The van der Waals surface area contributed by atoms with Gasteiger partial charge in [0, 0.05) is 43.8 Å². The molecule has 0 amide bonds. The van der Waals surface area contributed by atoms with E-state index in [1.165, 1.54) is 5.69 Å². The molecule has 0 saturated carbocycles. The van der Waals surface area contributed by atoms with Crippen molar-refractivity contribution in [2.24, 2.45) is 12.0 Å². The first-order valence-electron chi connectivity index (χ1n) is 9.71. The first-order valence-corrected chi connectivity index (χ1v) is 9.71. The molecule has 1 aliphatic heterocycles. The fourth-order valence-corrected chi connectivity index (χ4v) is 3.51. The molecule has 1 saturated heterocycles. The number of fused-ring (bicyclic) bond motifs is 1. The number of guanidine groups is 1. The number of morpholine rings is 1. The molecule has 1 atom stereocenters. The summed E-state index contributed by atoms with van der Waals surface area (Å²) in [4.78, 5) is 11.8.